The minimum atomic E-state index is -1.60. The fourth-order valence-corrected chi connectivity index (χ4v) is 1.84. The lowest BCUT2D eigenvalue weighted by atomic mass is 10.1. The van der Waals surface area contributed by atoms with Crippen molar-refractivity contribution in [2.24, 2.45) is 4.99 Å². The van der Waals surface area contributed by atoms with Crippen molar-refractivity contribution in [3.63, 3.8) is 0 Å². The van der Waals surface area contributed by atoms with Crippen molar-refractivity contribution in [1.82, 2.24) is 0 Å². The second-order valence-electron chi connectivity index (χ2n) is 3.53. The Morgan fingerprint density at radius 2 is 1.94 bits per heavy atom. The molecule has 0 unspecified atom stereocenters. The van der Waals surface area contributed by atoms with Gasteiger partial charge in [0.1, 0.15) is 18.4 Å². The average molecular weight is 295 g/mol. The predicted molar refractivity (Wildman–Crippen MR) is 69.4 cm³/mol. The molecule has 17 heavy (non-hydrogen) atoms. The Bertz CT molecular complexity index is 425. The maximum atomic E-state index is 5.69. The van der Waals surface area contributed by atoms with Gasteiger partial charge < -0.3 is 9.47 Å². The fraction of sp³-hybridized carbons (Fsp3) is 0.364. The molecule has 0 saturated carbocycles. The number of methoxy groups -OCH3 is 1. The summed E-state index contributed by atoms with van der Waals surface area (Å²) in [6.07, 6.45) is 0. The van der Waals surface area contributed by atoms with Gasteiger partial charge in [-0.05, 0) is 17.7 Å². The molecular formula is C11H10Cl3NO2. The first kappa shape index (κ1) is 12.8. The highest BCUT2D eigenvalue weighted by molar-refractivity contribution is 6.76. The molecule has 0 saturated heterocycles. The molecular weight excluding hydrogens is 284 g/mol. The Balaban J connectivity index is 2.16. The molecule has 0 radical (unpaired) electrons. The third-order valence-corrected chi connectivity index (χ3v) is 2.88. The van der Waals surface area contributed by atoms with Gasteiger partial charge >= 0.3 is 0 Å². The van der Waals surface area contributed by atoms with E-state index in [1.54, 1.807) is 7.11 Å². The Morgan fingerprint density at radius 3 is 2.41 bits per heavy atom. The molecule has 0 N–H and O–H groups in total. The van der Waals surface area contributed by atoms with Gasteiger partial charge in [0.2, 0.25) is 5.90 Å². The van der Waals surface area contributed by atoms with Crippen LogP contribution in [0, 0.1) is 0 Å². The second kappa shape index (κ2) is 4.92. The van der Waals surface area contributed by atoms with Crippen LogP contribution in [0.5, 0.6) is 5.75 Å². The van der Waals surface area contributed by atoms with Gasteiger partial charge in [0, 0.05) is 0 Å². The molecule has 0 aromatic heterocycles. The van der Waals surface area contributed by atoms with E-state index in [0.29, 0.717) is 6.61 Å². The summed E-state index contributed by atoms with van der Waals surface area (Å²) in [4.78, 5) is 4.24. The summed E-state index contributed by atoms with van der Waals surface area (Å²) in [6.45, 7) is 0.384. The van der Waals surface area contributed by atoms with Gasteiger partial charge in [0.25, 0.3) is 3.79 Å². The molecule has 0 spiro atoms. The van der Waals surface area contributed by atoms with E-state index in [1.165, 1.54) is 0 Å². The molecule has 1 aromatic rings. The molecule has 1 atom stereocenters. The molecule has 1 heterocycles. The first-order valence-corrected chi connectivity index (χ1v) is 6.06. The zero-order chi connectivity index (χ0) is 12.5. The smallest absolute Gasteiger partial charge is 0.266 e. The molecule has 0 bridgehead atoms. The lowest BCUT2D eigenvalue weighted by Crippen LogP contribution is -2.18. The molecule has 1 aliphatic rings. The van der Waals surface area contributed by atoms with Crippen molar-refractivity contribution >= 4 is 40.7 Å². The average Bonchev–Trinajstić information content (AvgIpc) is 2.78. The van der Waals surface area contributed by atoms with Crippen LogP contribution in [0.3, 0.4) is 0 Å². The maximum absolute atomic E-state index is 5.69. The van der Waals surface area contributed by atoms with Crippen molar-refractivity contribution in [3.8, 4) is 5.75 Å². The van der Waals surface area contributed by atoms with Crippen LogP contribution in [-0.4, -0.2) is 23.4 Å². The quantitative estimate of drug-likeness (QED) is 0.781. The normalized spacial score (nSPS) is 19.8. The van der Waals surface area contributed by atoms with Gasteiger partial charge in [0.15, 0.2) is 0 Å². The van der Waals surface area contributed by atoms with Crippen LogP contribution in [0.15, 0.2) is 29.3 Å². The van der Waals surface area contributed by atoms with Crippen LogP contribution in [0.2, 0.25) is 0 Å². The predicted octanol–water partition coefficient (Wildman–Crippen LogP) is 3.54. The highest BCUT2D eigenvalue weighted by Crippen LogP contribution is 2.35. The number of hydrogen-bond donors (Lipinski definition) is 0. The van der Waals surface area contributed by atoms with Crippen molar-refractivity contribution in [2.45, 2.75) is 9.83 Å². The van der Waals surface area contributed by atoms with E-state index in [2.05, 4.69) is 4.99 Å². The molecule has 92 valence electrons. The number of hydrogen-bond acceptors (Lipinski definition) is 3. The number of ether oxygens (including phenoxy) is 2. The third-order valence-electron chi connectivity index (χ3n) is 2.39. The summed E-state index contributed by atoms with van der Waals surface area (Å²) >= 11 is 17.1. The monoisotopic (exact) mass is 293 g/mol. The summed E-state index contributed by atoms with van der Waals surface area (Å²) in [7, 11) is 1.62. The first-order chi connectivity index (χ1) is 8.00. The van der Waals surface area contributed by atoms with Gasteiger partial charge in [-0.15, -0.1) is 0 Å². The first-order valence-electron chi connectivity index (χ1n) is 4.92. The maximum Gasteiger partial charge on any atom is 0.266 e. The zero-order valence-corrected chi connectivity index (χ0v) is 11.3. The minimum absolute atomic E-state index is 0.133. The number of halogens is 3. The zero-order valence-electron chi connectivity index (χ0n) is 8.99. The molecule has 2 rings (SSSR count). The van der Waals surface area contributed by atoms with E-state index in [0.717, 1.165) is 11.3 Å². The number of nitrogens with zero attached hydrogens (tertiary/aromatic N) is 1. The number of alkyl halides is 3. The Morgan fingerprint density at radius 1 is 1.29 bits per heavy atom. The number of rotatable bonds is 2. The van der Waals surface area contributed by atoms with Crippen molar-refractivity contribution < 1.29 is 9.47 Å². The number of benzene rings is 1. The summed E-state index contributed by atoms with van der Waals surface area (Å²) in [5.41, 5.74) is 0.995. The molecule has 1 aromatic carbocycles. The van der Waals surface area contributed by atoms with E-state index >= 15 is 0 Å². The van der Waals surface area contributed by atoms with Crippen LogP contribution in [0.1, 0.15) is 11.6 Å². The third kappa shape index (κ3) is 2.97. The van der Waals surface area contributed by atoms with E-state index in [9.17, 15) is 0 Å². The standard InChI is InChI=1S/C11H10Cl3NO2/c1-16-8-4-2-7(3-5-8)9-6-17-10(15-9)11(12,13)14/h2-5,9H,6H2,1H3/t9-/m0/s1. The van der Waals surface area contributed by atoms with Crippen molar-refractivity contribution in [3.05, 3.63) is 29.8 Å². The molecule has 3 nitrogen and oxygen atoms in total. The van der Waals surface area contributed by atoms with Crippen LogP contribution >= 0.6 is 34.8 Å². The molecule has 0 aliphatic carbocycles. The largest absolute Gasteiger partial charge is 0.497 e. The van der Waals surface area contributed by atoms with Gasteiger partial charge in [0.05, 0.1) is 7.11 Å². The Labute approximate surface area is 114 Å². The lowest BCUT2D eigenvalue weighted by molar-refractivity contribution is 0.314. The van der Waals surface area contributed by atoms with Crippen molar-refractivity contribution in [1.29, 1.82) is 0 Å². The topological polar surface area (TPSA) is 30.8 Å². The summed E-state index contributed by atoms with van der Waals surface area (Å²) in [6, 6.07) is 7.41. The molecule has 6 heteroatoms. The summed E-state index contributed by atoms with van der Waals surface area (Å²) < 4.78 is 8.74. The Kier molecular flexibility index (Phi) is 3.71. The van der Waals surface area contributed by atoms with E-state index in [-0.39, 0.29) is 11.9 Å². The lowest BCUT2D eigenvalue weighted by Gasteiger charge is -2.08. The molecule has 0 fully saturated rings. The second-order valence-corrected chi connectivity index (χ2v) is 5.81. The van der Waals surface area contributed by atoms with Crippen LogP contribution in [-0.2, 0) is 4.74 Å². The fourth-order valence-electron chi connectivity index (χ4n) is 1.53. The Hall–Kier alpha value is -0.640. The van der Waals surface area contributed by atoms with E-state index in [1.807, 2.05) is 24.3 Å². The molecule has 1 aliphatic heterocycles. The number of aliphatic imine (C=N–C) groups is 1. The SMILES string of the molecule is COc1ccc([C@@H]2COC(C(Cl)(Cl)Cl)=N2)cc1. The molecule has 0 amide bonds. The van der Waals surface area contributed by atoms with Gasteiger partial charge in [-0.1, -0.05) is 46.9 Å². The van der Waals surface area contributed by atoms with Crippen LogP contribution in [0.25, 0.3) is 0 Å². The summed E-state index contributed by atoms with van der Waals surface area (Å²) in [5, 5.41) is 0. The summed E-state index contributed by atoms with van der Waals surface area (Å²) in [5.74, 6) is 0.932. The van der Waals surface area contributed by atoms with Gasteiger partial charge in [-0.25, -0.2) is 4.99 Å². The van der Waals surface area contributed by atoms with Gasteiger partial charge in [-0.3, -0.25) is 0 Å². The highest BCUT2D eigenvalue weighted by Gasteiger charge is 2.35. The minimum Gasteiger partial charge on any atom is -0.497 e. The van der Waals surface area contributed by atoms with Crippen molar-refractivity contribution in [2.75, 3.05) is 13.7 Å². The van der Waals surface area contributed by atoms with E-state index < -0.39 is 3.79 Å². The van der Waals surface area contributed by atoms with E-state index in [4.69, 9.17) is 44.3 Å². The van der Waals surface area contributed by atoms with Crippen LogP contribution < -0.4 is 4.74 Å². The van der Waals surface area contributed by atoms with Gasteiger partial charge in [-0.2, -0.15) is 0 Å². The van der Waals surface area contributed by atoms with Crippen LogP contribution in [0.4, 0.5) is 0 Å². The highest BCUT2D eigenvalue weighted by atomic mass is 35.6.